The molecule has 0 unspecified atom stereocenters. The van der Waals surface area contributed by atoms with Crippen LogP contribution in [0.2, 0.25) is 10.0 Å². The van der Waals surface area contributed by atoms with Gasteiger partial charge in [0, 0.05) is 0 Å². The molecule has 0 aromatic heterocycles. The summed E-state index contributed by atoms with van der Waals surface area (Å²) in [4.78, 5) is 0. The van der Waals surface area contributed by atoms with Gasteiger partial charge in [0.1, 0.15) is 0 Å². The molecule has 19 heavy (non-hydrogen) atoms. The molecule has 3 nitrogen and oxygen atoms in total. The molecule has 1 heterocycles. The second kappa shape index (κ2) is 4.94. The van der Waals surface area contributed by atoms with Gasteiger partial charge in [0.25, 0.3) is 0 Å². The quantitative estimate of drug-likeness (QED) is 0.849. The molecule has 1 aliphatic heterocycles. The average molecular weight is 302 g/mol. The Morgan fingerprint density at radius 1 is 1.05 bits per heavy atom. The zero-order valence-corrected chi connectivity index (χ0v) is 13.0. The van der Waals surface area contributed by atoms with Crippen molar-refractivity contribution < 1.29 is 9.31 Å². The summed E-state index contributed by atoms with van der Waals surface area (Å²) in [5.41, 5.74) is 6.26. The van der Waals surface area contributed by atoms with Crippen molar-refractivity contribution in [1.29, 1.82) is 0 Å². The van der Waals surface area contributed by atoms with E-state index in [9.17, 15) is 0 Å². The first-order valence-electron chi connectivity index (χ1n) is 6.20. The second-order valence-corrected chi connectivity index (χ2v) is 6.64. The normalized spacial score (nSPS) is 22.6. The van der Waals surface area contributed by atoms with Crippen LogP contribution < -0.4 is 5.73 Å². The summed E-state index contributed by atoms with van der Waals surface area (Å²) < 4.78 is 11.9. The molecular weight excluding hydrogens is 284 g/mol. The Hall–Kier alpha value is -0.255. The Morgan fingerprint density at radius 3 is 2.05 bits per heavy atom. The third kappa shape index (κ3) is 2.78. The SMILES string of the molecule is CC1(C)OB([C@H](N)c2ccc(Cl)c(Cl)c2)OC1(C)C. The van der Waals surface area contributed by atoms with Crippen LogP contribution in [0.4, 0.5) is 0 Å². The van der Waals surface area contributed by atoms with Gasteiger partial charge in [-0.1, -0.05) is 29.3 Å². The first-order chi connectivity index (χ1) is 8.64. The highest BCUT2D eigenvalue weighted by atomic mass is 35.5. The number of hydrogen-bond acceptors (Lipinski definition) is 3. The third-order valence-corrected chi connectivity index (χ3v) is 4.63. The number of benzene rings is 1. The van der Waals surface area contributed by atoms with E-state index < -0.39 is 24.3 Å². The van der Waals surface area contributed by atoms with E-state index in [1.807, 2.05) is 33.8 Å². The molecule has 1 aromatic carbocycles. The number of hydrogen-bond donors (Lipinski definition) is 1. The summed E-state index contributed by atoms with van der Waals surface area (Å²) in [5.74, 6) is -0.407. The summed E-state index contributed by atoms with van der Waals surface area (Å²) in [5, 5.41) is 0.984. The molecule has 0 radical (unpaired) electrons. The van der Waals surface area contributed by atoms with E-state index >= 15 is 0 Å². The molecule has 0 bridgehead atoms. The maximum absolute atomic E-state index is 6.21. The monoisotopic (exact) mass is 301 g/mol. The van der Waals surface area contributed by atoms with Gasteiger partial charge in [-0.05, 0) is 45.4 Å². The molecule has 1 fully saturated rings. The fraction of sp³-hybridized carbons (Fsp3) is 0.538. The fourth-order valence-corrected chi connectivity index (χ4v) is 2.22. The van der Waals surface area contributed by atoms with E-state index in [2.05, 4.69) is 0 Å². The van der Waals surface area contributed by atoms with E-state index in [-0.39, 0.29) is 0 Å². The minimum Gasteiger partial charge on any atom is -0.402 e. The lowest BCUT2D eigenvalue weighted by Crippen LogP contribution is -2.41. The van der Waals surface area contributed by atoms with Gasteiger partial charge in [-0.3, -0.25) is 0 Å². The summed E-state index contributed by atoms with van der Waals surface area (Å²) in [6.45, 7) is 7.98. The van der Waals surface area contributed by atoms with Crippen molar-refractivity contribution in [3.63, 3.8) is 0 Å². The molecule has 1 saturated heterocycles. The zero-order chi connectivity index (χ0) is 14.4. The van der Waals surface area contributed by atoms with E-state index in [1.54, 1.807) is 12.1 Å². The molecule has 1 aliphatic rings. The van der Waals surface area contributed by atoms with Crippen molar-refractivity contribution in [3.05, 3.63) is 33.8 Å². The van der Waals surface area contributed by atoms with E-state index in [0.717, 1.165) is 5.56 Å². The van der Waals surface area contributed by atoms with Crippen LogP contribution in [0, 0.1) is 0 Å². The van der Waals surface area contributed by atoms with Crippen molar-refractivity contribution in [2.45, 2.75) is 44.8 Å². The molecule has 0 amide bonds. The number of rotatable bonds is 2. The highest BCUT2D eigenvalue weighted by molar-refractivity contribution is 6.47. The predicted octanol–water partition coefficient (Wildman–Crippen LogP) is 3.62. The Morgan fingerprint density at radius 2 is 1.58 bits per heavy atom. The fourth-order valence-electron chi connectivity index (χ4n) is 1.91. The molecule has 2 N–H and O–H groups in total. The van der Waals surface area contributed by atoms with Crippen LogP contribution in [-0.2, 0) is 9.31 Å². The maximum Gasteiger partial charge on any atom is 0.480 e. The van der Waals surface area contributed by atoms with Crippen LogP contribution in [0.15, 0.2) is 18.2 Å². The summed E-state index contributed by atoms with van der Waals surface area (Å²) in [6.07, 6.45) is 0. The number of halogens is 2. The second-order valence-electron chi connectivity index (χ2n) is 5.82. The van der Waals surface area contributed by atoms with Gasteiger partial charge in [-0.2, -0.15) is 0 Å². The molecule has 1 aromatic rings. The van der Waals surface area contributed by atoms with Gasteiger partial charge in [-0.25, -0.2) is 0 Å². The number of nitrogens with two attached hydrogens (primary N) is 1. The summed E-state index contributed by atoms with van der Waals surface area (Å²) in [7, 11) is -0.498. The van der Waals surface area contributed by atoms with Crippen LogP contribution in [0.25, 0.3) is 0 Å². The highest BCUT2D eigenvalue weighted by Crippen LogP contribution is 2.40. The minimum atomic E-state index is -0.498. The van der Waals surface area contributed by atoms with Crippen LogP contribution in [0.3, 0.4) is 0 Å². The Labute approximate surface area is 124 Å². The molecule has 0 aliphatic carbocycles. The first-order valence-corrected chi connectivity index (χ1v) is 6.96. The van der Waals surface area contributed by atoms with Crippen LogP contribution in [-0.4, -0.2) is 18.3 Å². The Bertz CT molecular complexity index is 478. The van der Waals surface area contributed by atoms with E-state index in [4.69, 9.17) is 38.2 Å². The molecule has 104 valence electrons. The molecule has 6 heteroatoms. The van der Waals surface area contributed by atoms with Crippen LogP contribution in [0.5, 0.6) is 0 Å². The van der Waals surface area contributed by atoms with Crippen LogP contribution >= 0.6 is 23.2 Å². The largest absolute Gasteiger partial charge is 0.480 e. The predicted molar refractivity (Wildman–Crippen MR) is 79.5 cm³/mol. The minimum absolute atomic E-state index is 0.397. The standard InChI is InChI=1S/C13H18BCl2NO2/c1-12(2)13(3,4)19-14(18-12)11(17)8-5-6-9(15)10(16)7-8/h5-7,11H,17H2,1-4H3/t11-/m1/s1. The van der Waals surface area contributed by atoms with Crippen molar-refractivity contribution in [1.82, 2.24) is 0 Å². The van der Waals surface area contributed by atoms with Crippen molar-refractivity contribution in [2.24, 2.45) is 5.73 Å². The van der Waals surface area contributed by atoms with E-state index in [1.165, 1.54) is 0 Å². The topological polar surface area (TPSA) is 44.5 Å². The van der Waals surface area contributed by atoms with Crippen molar-refractivity contribution in [2.75, 3.05) is 0 Å². The molecule has 1 atom stereocenters. The Kier molecular flexibility index (Phi) is 3.93. The van der Waals surface area contributed by atoms with Crippen molar-refractivity contribution >= 4 is 30.3 Å². The van der Waals surface area contributed by atoms with Gasteiger partial charge in [0.15, 0.2) is 0 Å². The van der Waals surface area contributed by atoms with Crippen molar-refractivity contribution in [3.8, 4) is 0 Å². The molecule has 0 spiro atoms. The average Bonchev–Trinajstić information content (AvgIpc) is 2.51. The lowest BCUT2D eigenvalue weighted by molar-refractivity contribution is 0.00578. The molecule has 2 rings (SSSR count). The maximum atomic E-state index is 6.21. The highest BCUT2D eigenvalue weighted by Gasteiger charge is 2.53. The van der Waals surface area contributed by atoms with Crippen LogP contribution in [0.1, 0.15) is 39.2 Å². The van der Waals surface area contributed by atoms with Gasteiger partial charge < -0.3 is 15.0 Å². The summed E-state index contributed by atoms with van der Waals surface area (Å²) >= 11 is 11.9. The molecular formula is C13H18BCl2NO2. The van der Waals surface area contributed by atoms with E-state index in [0.29, 0.717) is 10.0 Å². The smallest absolute Gasteiger partial charge is 0.402 e. The lowest BCUT2D eigenvalue weighted by Gasteiger charge is -2.32. The molecule has 0 saturated carbocycles. The van der Waals surface area contributed by atoms with Gasteiger partial charge in [0.05, 0.1) is 27.2 Å². The Balaban J connectivity index is 2.22. The zero-order valence-electron chi connectivity index (χ0n) is 11.5. The van der Waals surface area contributed by atoms with Gasteiger partial charge in [0.2, 0.25) is 0 Å². The van der Waals surface area contributed by atoms with Gasteiger partial charge in [-0.15, -0.1) is 0 Å². The first kappa shape index (κ1) is 15.1. The summed E-state index contributed by atoms with van der Waals surface area (Å²) in [6, 6.07) is 5.31. The van der Waals surface area contributed by atoms with Gasteiger partial charge >= 0.3 is 7.12 Å². The lowest BCUT2D eigenvalue weighted by atomic mass is 9.75. The third-order valence-electron chi connectivity index (χ3n) is 3.89.